The van der Waals surface area contributed by atoms with Crippen LogP contribution < -0.4 is 10.1 Å². The van der Waals surface area contributed by atoms with Crippen molar-refractivity contribution >= 4 is 17.5 Å². The summed E-state index contributed by atoms with van der Waals surface area (Å²) in [4.78, 5) is 27.4. The number of hydrogen-bond acceptors (Lipinski definition) is 3. The maximum absolute atomic E-state index is 13.1. The van der Waals surface area contributed by atoms with Gasteiger partial charge < -0.3 is 15.0 Å². The fourth-order valence-electron chi connectivity index (χ4n) is 4.56. The van der Waals surface area contributed by atoms with Crippen molar-refractivity contribution < 1.29 is 18.7 Å². The van der Waals surface area contributed by atoms with Crippen LogP contribution in [0.5, 0.6) is 5.75 Å². The maximum Gasteiger partial charge on any atom is 0.261 e. The zero-order valence-corrected chi connectivity index (χ0v) is 17.5. The number of amides is 2. The number of rotatable bonds is 3. The molecule has 3 aromatic carbocycles. The lowest BCUT2D eigenvalue weighted by atomic mass is 9.86. The fraction of sp³-hybridized carbons (Fsp3) is 0.231. The van der Waals surface area contributed by atoms with Crippen LogP contribution in [-0.4, -0.2) is 23.3 Å². The number of benzene rings is 3. The number of fused-ring (bicyclic) bond motifs is 2. The average molecular weight is 430 g/mol. The van der Waals surface area contributed by atoms with Crippen molar-refractivity contribution in [3.05, 3.63) is 94.8 Å². The monoisotopic (exact) mass is 430 g/mol. The molecule has 0 spiro atoms. The minimum atomic E-state index is -0.391. The van der Waals surface area contributed by atoms with Gasteiger partial charge in [0.05, 0.1) is 12.6 Å². The van der Waals surface area contributed by atoms with Crippen LogP contribution in [0.2, 0.25) is 0 Å². The van der Waals surface area contributed by atoms with Crippen molar-refractivity contribution in [3.8, 4) is 5.75 Å². The van der Waals surface area contributed by atoms with Crippen molar-refractivity contribution in [3.63, 3.8) is 0 Å². The molecule has 0 aromatic heterocycles. The largest absolute Gasteiger partial charge is 0.483 e. The Bertz CT molecular complexity index is 1180. The van der Waals surface area contributed by atoms with E-state index in [0.29, 0.717) is 23.5 Å². The molecule has 0 bridgehead atoms. The lowest BCUT2D eigenvalue weighted by molar-refractivity contribution is -0.136. The van der Waals surface area contributed by atoms with Gasteiger partial charge in [0.2, 0.25) is 0 Å². The highest BCUT2D eigenvalue weighted by molar-refractivity contribution is 6.04. The number of nitrogens with zero attached hydrogens (tertiary/aromatic N) is 1. The van der Waals surface area contributed by atoms with Crippen LogP contribution in [0.4, 0.5) is 10.1 Å². The predicted molar refractivity (Wildman–Crippen MR) is 119 cm³/mol. The van der Waals surface area contributed by atoms with Crippen LogP contribution in [0.25, 0.3) is 0 Å². The van der Waals surface area contributed by atoms with Crippen LogP contribution in [0.1, 0.15) is 45.9 Å². The minimum Gasteiger partial charge on any atom is -0.483 e. The van der Waals surface area contributed by atoms with E-state index in [9.17, 15) is 14.0 Å². The molecule has 32 heavy (non-hydrogen) atoms. The predicted octanol–water partition coefficient (Wildman–Crippen LogP) is 4.88. The van der Waals surface area contributed by atoms with Crippen molar-refractivity contribution in [2.75, 3.05) is 11.9 Å². The van der Waals surface area contributed by atoms with Gasteiger partial charge in [-0.05, 0) is 72.9 Å². The lowest BCUT2D eigenvalue weighted by Crippen LogP contribution is -2.37. The van der Waals surface area contributed by atoms with E-state index in [1.807, 2.05) is 23.1 Å². The first-order valence-electron chi connectivity index (χ1n) is 10.8. The summed E-state index contributed by atoms with van der Waals surface area (Å²) >= 11 is 0. The number of hydrogen-bond donors (Lipinski definition) is 1. The van der Waals surface area contributed by atoms with E-state index in [1.54, 1.807) is 12.1 Å². The number of carbonyl (C=O) groups excluding carboxylic acids is 2. The molecule has 1 heterocycles. The average Bonchev–Trinajstić information content (AvgIpc) is 2.97. The summed E-state index contributed by atoms with van der Waals surface area (Å²) in [7, 11) is 0. The van der Waals surface area contributed by atoms with Gasteiger partial charge in [-0.15, -0.1) is 0 Å². The Kier molecular flexibility index (Phi) is 5.35. The van der Waals surface area contributed by atoms with Crippen LogP contribution in [0.15, 0.2) is 66.7 Å². The summed E-state index contributed by atoms with van der Waals surface area (Å²) in [5.74, 6) is -0.115. The highest BCUT2D eigenvalue weighted by atomic mass is 19.1. The highest BCUT2D eigenvalue weighted by Crippen LogP contribution is 2.37. The molecule has 0 saturated heterocycles. The number of nitrogens with one attached hydrogen (secondary N) is 1. The zero-order chi connectivity index (χ0) is 22.1. The second-order valence-corrected chi connectivity index (χ2v) is 8.20. The molecule has 5 rings (SSSR count). The Morgan fingerprint density at radius 3 is 2.69 bits per heavy atom. The quantitative estimate of drug-likeness (QED) is 0.645. The van der Waals surface area contributed by atoms with Crippen LogP contribution in [0, 0.1) is 5.82 Å². The Balaban J connectivity index is 1.41. The van der Waals surface area contributed by atoms with Crippen molar-refractivity contribution in [1.29, 1.82) is 0 Å². The highest BCUT2D eigenvalue weighted by Gasteiger charge is 2.32. The molecule has 1 N–H and O–H groups in total. The standard InChI is InChI=1S/C26H23FN2O3/c27-20-10-8-18(9-11-20)26(31)28-21-12-13-24-19(14-21)15-29(25(30)16-32-24)23-7-3-5-17-4-1-2-6-22(17)23/h1-2,4,6,8-14,23H,3,5,7,15-16H2,(H,28,31)/t23-/m1/s1. The molecule has 2 aliphatic rings. The zero-order valence-electron chi connectivity index (χ0n) is 17.5. The van der Waals surface area contributed by atoms with E-state index >= 15 is 0 Å². The smallest absolute Gasteiger partial charge is 0.261 e. The molecule has 5 nitrogen and oxygen atoms in total. The summed E-state index contributed by atoms with van der Waals surface area (Å²) < 4.78 is 18.9. The number of carbonyl (C=O) groups is 2. The van der Waals surface area contributed by atoms with Crippen molar-refractivity contribution in [2.45, 2.75) is 31.8 Å². The van der Waals surface area contributed by atoms with E-state index in [4.69, 9.17) is 4.74 Å². The van der Waals surface area contributed by atoms with Gasteiger partial charge in [0.25, 0.3) is 11.8 Å². The molecule has 0 unspecified atom stereocenters. The number of ether oxygens (including phenoxy) is 1. The molecule has 0 radical (unpaired) electrons. The molecular formula is C26H23FN2O3. The van der Waals surface area contributed by atoms with Gasteiger partial charge in [0.15, 0.2) is 6.61 Å². The summed E-state index contributed by atoms with van der Waals surface area (Å²) in [6.45, 7) is 0.403. The molecule has 1 atom stereocenters. The summed E-state index contributed by atoms with van der Waals surface area (Å²) in [6.07, 6.45) is 2.98. The SMILES string of the molecule is O=C(Nc1ccc2c(c1)CN([C@@H]1CCCc3ccccc31)C(=O)CO2)c1ccc(F)cc1. The summed E-state index contributed by atoms with van der Waals surface area (Å²) in [5.41, 5.74) is 4.31. The van der Waals surface area contributed by atoms with Gasteiger partial charge >= 0.3 is 0 Å². The first-order valence-corrected chi connectivity index (χ1v) is 10.8. The summed E-state index contributed by atoms with van der Waals surface area (Å²) in [6, 6.07) is 19.1. The van der Waals surface area contributed by atoms with Gasteiger partial charge in [0, 0.05) is 16.8 Å². The van der Waals surface area contributed by atoms with Crippen LogP contribution in [-0.2, 0) is 17.8 Å². The Morgan fingerprint density at radius 2 is 1.84 bits per heavy atom. The van der Waals surface area contributed by atoms with Gasteiger partial charge in [-0.2, -0.15) is 0 Å². The first kappa shape index (κ1) is 20.2. The Hall–Kier alpha value is -3.67. The normalized spacial score (nSPS) is 17.6. The van der Waals surface area contributed by atoms with Crippen molar-refractivity contribution in [1.82, 2.24) is 4.90 Å². The maximum atomic E-state index is 13.1. The van der Waals surface area contributed by atoms with Gasteiger partial charge in [-0.25, -0.2) is 4.39 Å². The van der Waals surface area contributed by atoms with Gasteiger partial charge in [-0.3, -0.25) is 9.59 Å². The third-order valence-electron chi connectivity index (χ3n) is 6.15. The minimum absolute atomic E-state index is 0.00699. The van der Waals surface area contributed by atoms with Crippen LogP contribution >= 0.6 is 0 Å². The molecule has 0 fully saturated rings. The lowest BCUT2D eigenvalue weighted by Gasteiger charge is -2.35. The molecule has 1 aliphatic carbocycles. The van der Waals surface area contributed by atoms with E-state index in [2.05, 4.69) is 17.4 Å². The molecule has 6 heteroatoms. The van der Waals surface area contributed by atoms with E-state index in [0.717, 1.165) is 24.8 Å². The van der Waals surface area contributed by atoms with Crippen molar-refractivity contribution in [2.24, 2.45) is 0 Å². The second-order valence-electron chi connectivity index (χ2n) is 8.20. The molecule has 2 amide bonds. The molecule has 3 aromatic rings. The fourth-order valence-corrected chi connectivity index (χ4v) is 4.56. The second kappa shape index (κ2) is 8.46. The Labute approximate surface area is 185 Å². The number of anilines is 1. The molecular weight excluding hydrogens is 407 g/mol. The summed E-state index contributed by atoms with van der Waals surface area (Å²) in [5, 5.41) is 2.85. The third kappa shape index (κ3) is 3.96. The third-order valence-corrected chi connectivity index (χ3v) is 6.15. The molecule has 1 aliphatic heterocycles. The van der Waals surface area contributed by atoms with E-state index < -0.39 is 5.82 Å². The number of aryl methyl sites for hydroxylation is 1. The number of halogens is 1. The first-order chi connectivity index (χ1) is 15.6. The molecule has 0 saturated carbocycles. The van der Waals surface area contributed by atoms with Crippen LogP contribution in [0.3, 0.4) is 0 Å². The van der Waals surface area contributed by atoms with Gasteiger partial charge in [0.1, 0.15) is 11.6 Å². The van der Waals surface area contributed by atoms with Gasteiger partial charge in [-0.1, -0.05) is 24.3 Å². The van der Waals surface area contributed by atoms with E-state index in [1.165, 1.54) is 35.4 Å². The van der Waals surface area contributed by atoms with E-state index in [-0.39, 0.29) is 24.5 Å². The Morgan fingerprint density at radius 1 is 1.03 bits per heavy atom. The topological polar surface area (TPSA) is 58.6 Å². The molecule has 162 valence electrons.